The number of anilines is 1. The number of benzene rings is 2. The summed E-state index contributed by atoms with van der Waals surface area (Å²) in [5, 5.41) is 7.00. The van der Waals surface area contributed by atoms with Crippen LogP contribution in [0.25, 0.3) is 10.9 Å². The Kier molecular flexibility index (Phi) is 6.83. The molecule has 30 heavy (non-hydrogen) atoms. The molecule has 2 N–H and O–H groups in total. The van der Waals surface area contributed by atoms with Crippen molar-refractivity contribution in [3.05, 3.63) is 70.9 Å². The number of hydrogen-bond donors (Lipinski definition) is 2. The summed E-state index contributed by atoms with van der Waals surface area (Å²) in [5.41, 5.74) is 5.60. The minimum atomic E-state index is -0.0488. The zero-order valence-corrected chi connectivity index (χ0v) is 18.1. The van der Waals surface area contributed by atoms with E-state index in [0.717, 1.165) is 45.4 Å². The van der Waals surface area contributed by atoms with Gasteiger partial charge in [-0.15, -0.1) is 0 Å². The van der Waals surface area contributed by atoms with Crippen LogP contribution in [0.4, 0.5) is 5.69 Å². The molecule has 0 aliphatic heterocycles. The average Bonchev–Trinajstić information content (AvgIpc) is 2.74. The largest absolute Gasteiger partial charge is 0.352 e. The second-order valence-electron chi connectivity index (χ2n) is 7.77. The van der Waals surface area contributed by atoms with E-state index in [1.54, 1.807) is 0 Å². The number of nitrogens with one attached hydrogen (secondary N) is 2. The van der Waals surface area contributed by atoms with Gasteiger partial charge in [0.05, 0.1) is 11.9 Å². The SMILES string of the molecule is CCC(C)C(=O)Nc1cccc(CNC(=O)Cc2c(C)nc3ccccc3c2C)c1. The van der Waals surface area contributed by atoms with E-state index in [0.29, 0.717) is 13.0 Å². The topological polar surface area (TPSA) is 71.1 Å². The van der Waals surface area contributed by atoms with Crippen molar-refractivity contribution in [1.29, 1.82) is 0 Å². The lowest BCUT2D eigenvalue weighted by atomic mass is 9.99. The Bertz CT molecular complexity index is 1080. The third-order valence-corrected chi connectivity index (χ3v) is 5.57. The van der Waals surface area contributed by atoms with Gasteiger partial charge in [0.25, 0.3) is 0 Å². The minimum Gasteiger partial charge on any atom is -0.352 e. The zero-order chi connectivity index (χ0) is 21.7. The number of nitrogens with zero attached hydrogens (tertiary/aromatic N) is 1. The lowest BCUT2D eigenvalue weighted by Gasteiger charge is -2.13. The van der Waals surface area contributed by atoms with Crippen LogP contribution in [0.5, 0.6) is 0 Å². The van der Waals surface area contributed by atoms with Crippen LogP contribution >= 0.6 is 0 Å². The number of aromatic nitrogens is 1. The summed E-state index contributed by atoms with van der Waals surface area (Å²) >= 11 is 0. The molecule has 0 saturated carbocycles. The molecule has 3 aromatic rings. The third-order valence-electron chi connectivity index (χ3n) is 5.57. The maximum Gasteiger partial charge on any atom is 0.227 e. The maximum absolute atomic E-state index is 12.6. The first kappa shape index (κ1) is 21.5. The van der Waals surface area contributed by atoms with E-state index in [1.807, 2.05) is 76.2 Å². The van der Waals surface area contributed by atoms with Crippen molar-refractivity contribution in [3.63, 3.8) is 0 Å². The number of para-hydroxylation sites is 1. The Labute approximate surface area is 177 Å². The Morgan fingerprint density at radius 2 is 1.83 bits per heavy atom. The predicted molar refractivity (Wildman–Crippen MR) is 121 cm³/mol. The van der Waals surface area contributed by atoms with Gasteiger partial charge in [-0.05, 0) is 55.2 Å². The molecule has 0 spiro atoms. The van der Waals surface area contributed by atoms with Gasteiger partial charge in [-0.25, -0.2) is 0 Å². The van der Waals surface area contributed by atoms with E-state index >= 15 is 0 Å². The van der Waals surface area contributed by atoms with Gasteiger partial charge in [0.15, 0.2) is 0 Å². The summed E-state index contributed by atoms with van der Waals surface area (Å²) in [4.78, 5) is 29.4. The molecule has 1 atom stereocenters. The van der Waals surface area contributed by atoms with Gasteiger partial charge in [-0.3, -0.25) is 14.6 Å². The van der Waals surface area contributed by atoms with E-state index in [-0.39, 0.29) is 17.7 Å². The van der Waals surface area contributed by atoms with Crippen LogP contribution in [0, 0.1) is 19.8 Å². The van der Waals surface area contributed by atoms with Crippen LogP contribution in [-0.4, -0.2) is 16.8 Å². The average molecular weight is 404 g/mol. The summed E-state index contributed by atoms with van der Waals surface area (Å²) in [7, 11) is 0. The summed E-state index contributed by atoms with van der Waals surface area (Å²) < 4.78 is 0. The first-order valence-electron chi connectivity index (χ1n) is 10.4. The molecular weight excluding hydrogens is 374 g/mol. The number of carbonyl (C=O) groups excluding carboxylic acids is 2. The van der Waals surface area contributed by atoms with Crippen LogP contribution in [0.1, 0.15) is 42.7 Å². The van der Waals surface area contributed by atoms with Gasteiger partial charge in [-0.1, -0.05) is 44.2 Å². The Balaban J connectivity index is 1.65. The van der Waals surface area contributed by atoms with Gasteiger partial charge in [0.1, 0.15) is 0 Å². The molecule has 1 heterocycles. The standard InChI is InChI=1S/C25H29N3O2/c1-5-16(2)25(30)28-20-10-8-9-19(13-20)15-26-24(29)14-22-17(3)21-11-6-7-12-23(21)27-18(22)4/h6-13,16H,5,14-15H2,1-4H3,(H,26,29)(H,28,30). The molecule has 1 unspecified atom stereocenters. The number of pyridine rings is 1. The Hall–Kier alpha value is -3.21. The molecule has 0 aliphatic carbocycles. The maximum atomic E-state index is 12.6. The molecule has 1 aromatic heterocycles. The molecule has 5 nitrogen and oxygen atoms in total. The van der Waals surface area contributed by atoms with Crippen LogP contribution in [0.2, 0.25) is 0 Å². The second kappa shape index (κ2) is 9.53. The third kappa shape index (κ3) is 5.03. The smallest absolute Gasteiger partial charge is 0.227 e. The van der Waals surface area contributed by atoms with Crippen molar-refractivity contribution in [2.75, 3.05) is 5.32 Å². The number of carbonyl (C=O) groups is 2. The summed E-state index contributed by atoms with van der Waals surface area (Å²) in [6, 6.07) is 15.6. The molecule has 2 aromatic carbocycles. The van der Waals surface area contributed by atoms with Crippen molar-refractivity contribution in [2.45, 2.75) is 47.1 Å². The summed E-state index contributed by atoms with van der Waals surface area (Å²) in [6.45, 7) is 8.30. The lowest BCUT2D eigenvalue weighted by molar-refractivity contribution is -0.121. The van der Waals surface area contributed by atoms with Crippen LogP contribution < -0.4 is 10.6 Å². The molecule has 156 valence electrons. The minimum absolute atomic E-state index is 0.00781. The van der Waals surface area contributed by atoms with Gasteiger partial charge in [-0.2, -0.15) is 0 Å². The molecule has 0 radical (unpaired) electrons. The zero-order valence-electron chi connectivity index (χ0n) is 18.1. The van der Waals surface area contributed by atoms with E-state index in [2.05, 4.69) is 15.6 Å². The van der Waals surface area contributed by atoms with E-state index in [9.17, 15) is 9.59 Å². The first-order valence-corrected chi connectivity index (χ1v) is 10.4. The van der Waals surface area contributed by atoms with Crippen LogP contribution in [-0.2, 0) is 22.6 Å². The van der Waals surface area contributed by atoms with Crippen LogP contribution in [0.15, 0.2) is 48.5 Å². The molecule has 0 fully saturated rings. The highest BCUT2D eigenvalue weighted by molar-refractivity contribution is 5.92. The molecule has 0 aliphatic rings. The monoisotopic (exact) mass is 403 g/mol. The quantitative estimate of drug-likeness (QED) is 0.601. The molecule has 0 saturated heterocycles. The number of hydrogen-bond acceptors (Lipinski definition) is 3. The Morgan fingerprint density at radius 3 is 2.60 bits per heavy atom. The predicted octanol–water partition coefficient (Wildman–Crippen LogP) is 4.70. The number of amides is 2. The molecule has 3 rings (SSSR count). The summed E-state index contributed by atoms with van der Waals surface area (Å²) in [5.74, 6) is -0.0730. The van der Waals surface area contributed by atoms with Crippen molar-refractivity contribution < 1.29 is 9.59 Å². The molecular formula is C25H29N3O2. The fraction of sp³-hybridized carbons (Fsp3) is 0.320. The van der Waals surface area contributed by atoms with Crippen molar-refractivity contribution in [3.8, 4) is 0 Å². The fourth-order valence-electron chi connectivity index (χ4n) is 3.46. The number of rotatable bonds is 7. The molecule has 0 bridgehead atoms. The molecule has 5 heteroatoms. The van der Waals surface area contributed by atoms with Crippen molar-refractivity contribution in [1.82, 2.24) is 10.3 Å². The highest BCUT2D eigenvalue weighted by Gasteiger charge is 2.13. The second-order valence-corrected chi connectivity index (χ2v) is 7.77. The van der Waals surface area contributed by atoms with E-state index in [1.165, 1.54) is 0 Å². The van der Waals surface area contributed by atoms with Gasteiger partial charge < -0.3 is 10.6 Å². The Morgan fingerprint density at radius 1 is 1.07 bits per heavy atom. The van der Waals surface area contributed by atoms with Crippen molar-refractivity contribution in [2.24, 2.45) is 5.92 Å². The lowest BCUT2D eigenvalue weighted by Crippen LogP contribution is -2.25. The fourth-order valence-corrected chi connectivity index (χ4v) is 3.46. The van der Waals surface area contributed by atoms with Gasteiger partial charge in [0, 0.05) is 29.2 Å². The number of fused-ring (bicyclic) bond motifs is 1. The highest BCUT2D eigenvalue weighted by Crippen LogP contribution is 2.23. The first-order chi connectivity index (χ1) is 14.4. The van der Waals surface area contributed by atoms with E-state index in [4.69, 9.17) is 0 Å². The van der Waals surface area contributed by atoms with Gasteiger partial charge in [0.2, 0.25) is 11.8 Å². The normalized spacial score (nSPS) is 11.9. The van der Waals surface area contributed by atoms with E-state index < -0.39 is 0 Å². The van der Waals surface area contributed by atoms with Gasteiger partial charge >= 0.3 is 0 Å². The summed E-state index contributed by atoms with van der Waals surface area (Å²) in [6.07, 6.45) is 1.09. The molecule has 2 amide bonds. The number of aryl methyl sites for hydroxylation is 2. The van der Waals surface area contributed by atoms with Crippen LogP contribution in [0.3, 0.4) is 0 Å². The highest BCUT2D eigenvalue weighted by atomic mass is 16.2. The van der Waals surface area contributed by atoms with Crippen molar-refractivity contribution >= 4 is 28.4 Å².